The lowest BCUT2D eigenvalue weighted by molar-refractivity contribution is 0.475. The summed E-state index contributed by atoms with van der Waals surface area (Å²) < 4.78 is 0. The molecule has 0 saturated heterocycles. The number of rotatable bonds is 4. The molecule has 0 aromatic heterocycles. The summed E-state index contributed by atoms with van der Waals surface area (Å²) in [5.74, 6) is 1.37. The molecule has 1 N–H and O–H groups in total. The quantitative estimate of drug-likeness (QED) is 0.436. The highest BCUT2D eigenvalue weighted by Crippen LogP contribution is 2.20. The highest BCUT2D eigenvalue weighted by molar-refractivity contribution is 7.99. The third-order valence-electron chi connectivity index (χ3n) is 1.43. The molecule has 1 aromatic carbocycles. The van der Waals surface area contributed by atoms with Crippen LogP contribution in [0, 0.1) is 0 Å². The molecule has 0 heterocycles. The maximum Gasteiger partial charge on any atom is 0.115 e. The fourth-order valence-electron chi connectivity index (χ4n) is 0.802. The van der Waals surface area contributed by atoms with Crippen LogP contribution in [0.4, 0.5) is 0 Å². The van der Waals surface area contributed by atoms with E-state index in [1.165, 1.54) is 4.90 Å². The fourth-order valence-corrected chi connectivity index (χ4v) is 1.65. The van der Waals surface area contributed by atoms with E-state index in [-0.39, 0.29) is 0 Å². The Hall–Kier alpha value is -0.890. The molecule has 0 radical (unpaired) electrons. The summed E-state index contributed by atoms with van der Waals surface area (Å²) in [7, 11) is 0. The van der Waals surface area contributed by atoms with Gasteiger partial charge in [-0.25, -0.2) is 0 Å². The van der Waals surface area contributed by atoms with Crippen LogP contribution >= 0.6 is 11.8 Å². The molecule has 2 heteroatoms. The van der Waals surface area contributed by atoms with Crippen molar-refractivity contribution in [2.45, 2.75) is 11.3 Å². The van der Waals surface area contributed by atoms with Crippen LogP contribution in [0.5, 0.6) is 5.75 Å². The second-order valence-corrected chi connectivity index (χ2v) is 3.59. The molecule has 0 fully saturated rings. The molecule has 1 aromatic rings. The van der Waals surface area contributed by atoms with Gasteiger partial charge >= 0.3 is 0 Å². The van der Waals surface area contributed by atoms with Crippen LogP contribution in [0.25, 0.3) is 0 Å². The van der Waals surface area contributed by atoms with Gasteiger partial charge in [0.05, 0.1) is 0 Å². The van der Waals surface area contributed by atoms with E-state index in [9.17, 15) is 0 Å². The van der Waals surface area contributed by atoms with Crippen molar-refractivity contribution in [3.05, 3.63) is 36.9 Å². The van der Waals surface area contributed by atoms with Crippen molar-refractivity contribution in [3.8, 4) is 5.75 Å². The third kappa shape index (κ3) is 3.01. The summed E-state index contributed by atoms with van der Waals surface area (Å²) in [4.78, 5) is 1.19. The van der Waals surface area contributed by atoms with Crippen molar-refractivity contribution in [1.82, 2.24) is 0 Å². The lowest BCUT2D eigenvalue weighted by Crippen LogP contribution is -1.75. The van der Waals surface area contributed by atoms with Gasteiger partial charge in [0.25, 0.3) is 0 Å². The Bertz CT molecular complexity index is 241. The molecule has 12 heavy (non-hydrogen) atoms. The Labute approximate surface area is 77.1 Å². The normalized spacial score (nSPS) is 9.67. The summed E-state index contributed by atoms with van der Waals surface area (Å²) in [6.45, 7) is 3.65. The van der Waals surface area contributed by atoms with Crippen molar-refractivity contribution in [3.63, 3.8) is 0 Å². The van der Waals surface area contributed by atoms with E-state index in [1.54, 1.807) is 23.9 Å². The number of aromatic hydroxyl groups is 1. The molecule has 0 spiro atoms. The van der Waals surface area contributed by atoms with Gasteiger partial charge in [-0.15, -0.1) is 18.3 Å². The van der Waals surface area contributed by atoms with Crippen molar-refractivity contribution in [1.29, 1.82) is 0 Å². The maximum absolute atomic E-state index is 9.00. The predicted octanol–water partition coefficient (Wildman–Crippen LogP) is 3.06. The summed E-state index contributed by atoms with van der Waals surface area (Å²) in [5.41, 5.74) is 0. The first-order chi connectivity index (χ1) is 5.83. The zero-order valence-electron chi connectivity index (χ0n) is 6.86. The molecule has 0 aliphatic heterocycles. The molecule has 0 aliphatic rings. The summed E-state index contributed by atoms with van der Waals surface area (Å²) in [5, 5.41) is 9.00. The van der Waals surface area contributed by atoms with Gasteiger partial charge in [0, 0.05) is 10.6 Å². The number of hydrogen-bond donors (Lipinski definition) is 1. The molecule has 0 saturated carbocycles. The summed E-state index contributed by atoms with van der Waals surface area (Å²) in [6, 6.07) is 7.25. The van der Waals surface area contributed by atoms with Crippen LogP contribution in [-0.4, -0.2) is 10.9 Å². The summed E-state index contributed by atoms with van der Waals surface area (Å²) >= 11 is 1.77. The van der Waals surface area contributed by atoms with E-state index in [2.05, 4.69) is 6.58 Å². The Balaban J connectivity index is 2.42. The first-order valence-electron chi connectivity index (χ1n) is 3.85. The van der Waals surface area contributed by atoms with Crippen LogP contribution < -0.4 is 0 Å². The molecular formula is C10H12OS. The molecule has 1 rings (SSSR count). The first kappa shape index (κ1) is 9.20. The SMILES string of the molecule is C=CCCSc1ccc(O)cc1. The van der Waals surface area contributed by atoms with Crippen LogP contribution in [0.2, 0.25) is 0 Å². The van der Waals surface area contributed by atoms with Gasteiger partial charge in [-0.3, -0.25) is 0 Å². The van der Waals surface area contributed by atoms with Crippen molar-refractivity contribution in [2.75, 3.05) is 5.75 Å². The van der Waals surface area contributed by atoms with Crippen LogP contribution in [0.3, 0.4) is 0 Å². The third-order valence-corrected chi connectivity index (χ3v) is 2.47. The van der Waals surface area contributed by atoms with Gasteiger partial charge in [0.2, 0.25) is 0 Å². The lowest BCUT2D eigenvalue weighted by atomic mass is 10.3. The Morgan fingerprint density at radius 3 is 2.58 bits per heavy atom. The van der Waals surface area contributed by atoms with E-state index in [0.717, 1.165) is 12.2 Å². The van der Waals surface area contributed by atoms with Crippen LogP contribution in [-0.2, 0) is 0 Å². The molecule has 0 unspecified atom stereocenters. The minimum atomic E-state index is 0.322. The monoisotopic (exact) mass is 180 g/mol. The van der Waals surface area contributed by atoms with Gasteiger partial charge in [-0.05, 0) is 30.7 Å². The molecule has 0 bridgehead atoms. The van der Waals surface area contributed by atoms with Gasteiger partial charge in [-0.2, -0.15) is 0 Å². The fraction of sp³-hybridized carbons (Fsp3) is 0.200. The second kappa shape index (κ2) is 4.88. The second-order valence-electron chi connectivity index (χ2n) is 2.42. The van der Waals surface area contributed by atoms with Gasteiger partial charge in [0.1, 0.15) is 5.75 Å². The van der Waals surface area contributed by atoms with E-state index in [1.807, 2.05) is 18.2 Å². The summed E-state index contributed by atoms with van der Waals surface area (Å²) in [6.07, 6.45) is 2.93. The number of benzene rings is 1. The van der Waals surface area contributed by atoms with Crippen molar-refractivity contribution < 1.29 is 5.11 Å². The van der Waals surface area contributed by atoms with Gasteiger partial charge < -0.3 is 5.11 Å². The minimum Gasteiger partial charge on any atom is -0.508 e. The number of phenols is 1. The molecule has 1 nitrogen and oxygen atoms in total. The number of phenolic OH excluding ortho intramolecular Hbond substituents is 1. The number of allylic oxidation sites excluding steroid dienone is 1. The van der Waals surface area contributed by atoms with Gasteiger partial charge in [-0.1, -0.05) is 6.08 Å². The van der Waals surface area contributed by atoms with Crippen molar-refractivity contribution >= 4 is 11.8 Å². The molecule has 0 aliphatic carbocycles. The smallest absolute Gasteiger partial charge is 0.115 e. The highest BCUT2D eigenvalue weighted by Gasteiger charge is 1.92. The van der Waals surface area contributed by atoms with Crippen LogP contribution in [0.15, 0.2) is 41.8 Å². The van der Waals surface area contributed by atoms with E-state index in [4.69, 9.17) is 5.11 Å². The lowest BCUT2D eigenvalue weighted by Gasteiger charge is -1.98. The molecule has 0 atom stereocenters. The molecule has 0 amide bonds. The first-order valence-corrected chi connectivity index (χ1v) is 4.84. The van der Waals surface area contributed by atoms with E-state index < -0.39 is 0 Å². The average molecular weight is 180 g/mol. The number of hydrogen-bond acceptors (Lipinski definition) is 2. The molecular weight excluding hydrogens is 168 g/mol. The Kier molecular flexibility index (Phi) is 3.74. The van der Waals surface area contributed by atoms with Crippen LogP contribution in [0.1, 0.15) is 6.42 Å². The molecule has 64 valence electrons. The standard InChI is InChI=1S/C10H12OS/c1-2-3-8-12-10-6-4-9(11)5-7-10/h2,4-7,11H,1,3,8H2. The Morgan fingerprint density at radius 1 is 1.33 bits per heavy atom. The zero-order chi connectivity index (χ0) is 8.81. The van der Waals surface area contributed by atoms with E-state index >= 15 is 0 Å². The van der Waals surface area contributed by atoms with E-state index in [0.29, 0.717) is 5.75 Å². The number of thioether (sulfide) groups is 1. The van der Waals surface area contributed by atoms with Crippen molar-refractivity contribution in [2.24, 2.45) is 0 Å². The minimum absolute atomic E-state index is 0.322. The largest absolute Gasteiger partial charge is 0.508 e. The Morgan fingerprint density at radius 2 is 2.00 bits per heavy atom. The highest BCUT2D eigenvalue weighted by atomic mass is 32.2. The topological polar surface area (TPSA) is 20.2 Å². The zero-order valence-corrected chi connectivity index (χ0v) is 7.68. The van der Waals surface area contributed by atoms with Gasteiger partial charge in [0.15, 0.2) is 0 Å². The predicted molar refractivity (Wildman–Crippen MR) is 53.6 cm³/mol. The maximum atomic E-state index is 9.00. The average Bonchev–Trinajstić information content (AvgIpc) is 2.09.